The average Bonchev–Trinajstić information content (AvgIpc) is 3.25. The molecule has 0 spiro atoms. The predicted molar refractivity (Wildman–Crippen MR) is 83.6 cm³/mol. The molecule has 2 heterocycles. The summed E-state index contributed by atoms with van der Waals surface area (Å²) in [6.07, 6.45) is -2.31. The molecule has 3 rings (SSSR count). The molecule has 2 aromatic rings. The molecule has 0 bridgehead atoms. The second-order valence-electron chi connectivity index (χ2n) is 5.94. The minimum Gasteiger partial charge on any atom is -0.329 e. The van der Waals surface area contributed by atoms with Gasteiger partial charge in [-0.25, -0.2) is 0 Å². The van der Waals surface area contributed by atoms with Crippen molar-refractivity contribution < 1.29 is 22.5 Å². The number of alkyl halides is 3. The van der Waals surface area contributed by atoms with E-state index in [2.05, 4.69) is 25.3 Å². The molecule has 1 atom stereocenters. The Morgan fingerprint density at radius 3 is 2.68 bits per heavy atom. The van der Waals surface area contributed by atoms with E-state index in [-0.39, 0.29) is 11.7 Å². The van der Waals surface area contributed by atoms with Crippen molar-refractivity contribution in [1.29, 1.82) is 0 Å². The third-order valence-corrected chi connectivity index (χ3v) is 4.04. The van der Waals surface area contributed by atoms with E-state index in [1.165, 1.54) is 12.1 Å². The van der Waals surface area contributed by atoms with Gasteiger partial charge in [-0.1, -0.05) is 5.16 Å². The first-order valence-corrected chi connectivity index (χ1v) is 7.94. The first-order valence-electron chi connectivity index (χ1n) is 7.94. The third-order valence-electron chi connectivity index (χ3n) is 4.04. The summed E-state index contributed by atoms with van der Waals surface area (Å²) in [7, 11) is 0. The third kappa shape index (κ3) is 4.56. The van der Waals surface area contributed by atoms with Gasteiger partial charge in [0.1, 0.15) is 0 Å². The fourth-order valence-electron chi connectivity index (χ4n) is 2.68. The van der Waals surface area contributed by atoms with Crippen molar-refractivity contribution in [3.8, 4) is 11.4 Å². The van der Waals surface area contributed by atoms with Crippen molar-refractivity contribution in [2.75, 3.05) is 18.4 Å². The summed E-state index contributed by atoms with van der Waals surface area (Å²) in [5, 5.41) is 9.35. The number of hydrogen-bond acceptors (Lipinski definition) is 5. The number of nitrogens with one attached hydrogen (secondary N) is 2. The average molecular weight is 354 g/mol. The molecule has 1 amide bonds. The van der Waals surface area contributed by atoms with Gasteiger partial charge in [0.15, 0.2) is 0 Å². The highest BCUT2D eigenvalue weighted by Crippen LogP contribution is 2.29. The van der Waals surface area contributed by atoms with E-state index in [0.29, 0.717) is 23.6 Å². The van der Waals surface area contributed by atoms with Crippen molar-refractivity contribution in [3.05, 3.63) is 30.2 Å². The van der Waals surface area contributed by atoms with Crippen LogP contribution in [0, 0.1) is 5.92 Å². The summed E-state index contributed by atoms with van der Waals surface area (Å²) in [6, 6.07) is 6.24. The van der Waals surface area contributed by atoms with E-state index in [0.717, 1.165) is 25.9 Å². The largest absolute Gasteiger partial charge is 0.471 e. The number of benzene rings is 1. The van der Waals surface area contributed by atoms with E-state index in [4.69, 9.17) is 0 Å². The smallest absolute Gasteiger partial charge is 0.329 e. The van der Waals surface area contributed by atoms with Crippen molar-refractivity contribution in [2.45, 2.75) is 25.4 Å². The van der Waals surface area contributed by atoms with Gasteiger partial charge < -0.3 is 15.2 Å². The summed E-state index contributed by atoms with van der Waals surface area (Å²) in [4.78, 5) is 15.3. The van der Waals surface area contributed by atoms with Crippen molar-refractivity contribution in [1.82, 2.24) is 15.5 Å². The number of amides is 1. The summed E-state index contributed by atoms with van der Waals surface area (Å²) in [5.74, 6) is -1.09. The second-order valence-corrected chi connectivity index (χ2v) is 5.94. The molecular weight excluding hydrogens is 337 g/mol. The Morgan fingerprint density at radius 2 is 2.08 bits per heavy atom. The minimum absolute atomic E-state index is 0.0847. The molecule has 1 aromatic heterocycles. The standard InChI is InChI=1S/C16H17F3N4O2/c17-16(18,19)15-22-14(23-25-15)11-2-4-12(5-3-11)21-13(24)6-1-10-7-8-20-9-10/h2-5,10,20H,1,6-9H2,(H,21,24). The molecule has 1 saturated heterocycles. The van der Waals surface area contributed by atoms with E-state index < -0.39 is 12.1 Å². The lowest BCUT2D eigenvalue weighted by atomic mass is 10.0. The predicted octanol–water partition coefficient (Wildman–Crippen LogP) is 3.08. The quantitative estimate of drug-likeness (QED) is 0.863. The highest BCUT2D eigenvalue weighted by Gasteiger charge is 2.38. The lowest BCUT2D eigenvalue weighted by Crippen LogP contribution is -2.14. The van der Waals surface area contributed by atoms with Gasteiger partial charge >= 0.3 is 12.1 Å². The maximum absolute atomic E-state index is 12.5. The van der Waals surface area contributed by atoms with Crippen LogP contribution in [0.15, 0.2) is 28.8 Å². The number of nitrogens with zero attached hydrogens (tertiary/aromatic N) is 2. The number of aromatic nitrogens is 2. The number of carbonyl (C=O) groups excluding carboxylic acids is 1. The Kier molecular flexibility index (Phi) is 5.03. The fraction of sp³-hybridized carbons (Fsp3) is 0.438. The monoisotopic (exact) mass is 354 g/mol. The lowest BCUT2D eigenvalue weighted by molar-refractivity contribution is -0.159. The molecule has 25 heavy (non-hydrogen) atoms. The van der Waals surface area contributed by atoms with Gasteiger partial charge in [0.2, 0.25) is 11.7 Å². The highest BCUT2D eigenvalue weighted by molar-refractivity contribution is 5.90. The summed E-state index contributed by atoms with van der Waals surface area (Å²) < 4.78 is 41.6. The van der Waals surface area contributed by atoms with E-state index in [9.17, 15) is 18.0 Å². The molecule has 9 heteroatoms. The Labute approximate surface area is 141 Å². The zero-order valence-electron chi connectivity index (χ0n) is 13.3. The van der Waals surface area contributed by atoms with Gasteiger partial charge in [-0.15, -0.1) is 0 Å². The van der Waals surface area contributed by atoms with Crippen molar-refractivity contribution >= 4 is 11.6 Å². The summed E-state index contributed by atoms with van der Waals surface area (Å²) in [5.41, 5.74) is 0.937. The minimum atomic E-state index is -4.67. The topological polar surface area (TPSA) is 80.0 Å². The molecule has 2 N–H and O–H groups in total. The molecule has 1 aliphatic heterocycles. The molecular formula is C16H17F3N4O2. The van der Waals surface area contributed by atoms with Crippen LogP contribution in [0.25, 0.3) is 11.4 Å². The molecule has 0 aliphatic carbocycles. The number of rotatable bonds is 5. The lowest BCUT2D eigenvalue weighted by Gasteiger charge is -2.09. The van der Waals surface area contributed by atoms with Gasteiger partial charge in [0, 0.05) is 17.7 Å². The Balaban J connectivity index is 1.56. The van der Waals surface area contributed by atoms with Crippen LogP contribution in [-0.4, -0.2) is 29.1 Å². The van der Waals surface area contributed by atoms with Gasteiger partial charge in [-0.3, -0.25) is 4.79 Å². The number of anilines is 1. The van der Waals surface area contributed by atoms with Crippen molar-refractivity contribution in [2.24, 2.45) is 5.92 Å². The number of carbonyl (C=O) groups is 1. The highest BCUT2D eigenvalue weighted by atomic mass is 19.4. The van der Waals surface area contributed by atoms with Gasteiger partial charge in [0.05, 0.1) is 0 Å². The SMILES string of the molecule is O=C(CCC1CCNC1)Nc1ccc(-c2noc(C(F)(F)F)n2)cc1. The normalized spacial score (nSPS) is 17.6. The van der Waals surface area contributed by atoms with Crippen LogP contribution in [-0.2, 0) is 11.0 Å². The van der Waals surface area contributed by atoms with Crippen LogP contribution in [0.4, 0.5) is 18.9 Å². The Hall–Kier alpha value is -2.42. The maximum atomic E-state index is 12.5. The van der Waals surface area contributed by atoms with Crippen molar-refractivity contribution in [3.63, 3.8) is 0 Å². The number of halogens is 3. The first-order chi connectivity index (χ1) is 11.9. The molecule has 1 aliphatic rings. The van der Waals surface area contributed by atoms with Gasteiger partial charge in [0.25, 0.3) is 0 Å². The molecule has 0 radical (unpaired) electrons. The van der Waals surface area contributed by atoms with Crippen LogP contribution in [0.2, 0.25) is 0 Å². The van der Waals surface area contributed by atoms with Crippen LogP contribution in [0.1, 0.15) is 25.2 Å². The molecule has 0 saturated carbocycles. The molecule has 1 unspecified atom stereocenters. The number of hydrogen-bond donors (Lipinski definition) is 2. The van der Waals surface area contributed by atoms with E-state index in [1.807, 2.05) is 0 Å². The summed E-state index contributed by atoms with van der Waals surface area (Å²) in [6.45, 7) is 1.95. The van der Waals surface area contributed by atoms with Crippen LogP contribution < -0.4 is 10.6 Å². The first kappa shape index (κ1) is 17.4. The Bertz CT molecular complexity index is 722. The zero-order chi connectivity index (χ0) is 17.9. The van der Waals surface area contributed by atoms with E-state index >= 15 is 0 Å². The van der Waals surface area contributed by atoms with Gasteiger partial charge in [-0.2, -0.15) is 18.2 Å². The van der Waals surface area contributed by atoms with Crippen LogP contribution >= 0.6 is 0 Å². The van der Waals surface area contributed by atoms with Crippen LogP contribution in [0.3, 0.4) is 0 Å². The van der Waals surface area contributed by atoms with Crippen LogP contribution in [0.5, 0.6) is 0 Å². The molecule has 134 valence electrons. The summed E-state index contributed by atoms with van der Waals surface area (Å²) >= 11 is 0. The maximum Gasteiger partial charge on any atom is 0.471 e. The molecule has 1 aromatic carbocycles. The fourth-order valence-corrected chi connectivity index (χ4v) is 2.68. The Morgan fingerprint density at radius 1 is 1.32 bits per heavy atom. The second kappa shape index (κ2) is 7.22. The molecule has 6 nitrogen and oxygen atoms in total. The molecule has 1 fully saturated rings. The zero-order valence-corrected chi connectivity index (χ0v) is 13.3. The van der Waals surface area contributed by atoms with Gasteiger partial charge in [-0.05, 0) is 56.1 Å². The van der Waals surface area contributed by atoms with E-state index in [1.54, 1.807) is 12.1 Å².